The molecule has 4 rings (SSSR count). The van der Waals surface area contributed by atoms with E-state index in [1.807, 2.05) is 0 Å². The Bertz CT molecular complexity index is 997. The van der Waals surface area contributed by atoms with Crippen LogP contribution in [0.4, 0.5) is 0 Å². The molecule has 0 spiro atoms. The van der Waals surface area contributed by atoms with E-state index >= 15 is 0 Å². The van der Waals surface area contributed by atoms with Crippen molar-refractivity contribution in [1.29, 1.82) is 0 Å². The summed E-state index contributed by atoms with van der Waals surface area (Å²) in [4.78, 5) is 0. The van der Waals surface area contributed by atoms with Crippen LogP contribution in [-0.2, 0) is 18.6 Å². The van der Waals surface area contributed by atoms with Crippen LogP contribution in [-0.4, -0.2) is 36.6 Å². The van der Waals surface area contributed by atoms with Crippen LogP contribution in [0.5, 0.6) is 0 Å². The number of hydrogen-bond acceptors (Lipinski definition) is 4. The molecule has 2 aromatic rings. The summed E-state index contributed by atoms with van der Waals surface area (Å²) in [7, 11) is -1.14. The summed E-state index contributed by atoms with van der Waals surface area (Å²) in [5.41, 5.74) is 4.48. The number of aryl methyl sites for hydroxylation is 2. The molecule has 0 N–H and O–H groups in total. The molecule has 2 aliphatic rings. The second kappa shape index (κ2) is 8.37. The van der Waals surface area contributed by atoms with Crippen molar-refractivity contribution in [3.63, 3.8) is 0 Å². The Morgan fingerprint density at radius 1 is 0.500 bits per heavy atom. The molecule has 0 aromatic heterocycles. The van der Waals surface area contributed by atoms with Crippen molar-refractivity contribution in [2.24, 2.45) is 0 Å². The van der Waals surface area contributed by atoms with Gasteiger partial charge in [0.2, 0.25) is 0 Å². The molecule has 2 fully saturated rings. The van der Waals surface area contributed by atoms with Crippen molar-refractivity contribution in [2.45, 2.75) is 91.6 Å². The van der Waals surface area contributed by atoms with E-state index in [-0.39, 0.29) is 0 Å². The second-order valence-electron chi connectivity index (χ2n) is 11.6. The molecule has 0 saturated carbocycles. The zero-order chi connectivity index (χ0) is 25.1. The molecular weight excluding hydrogens is 422 g/mol. The molecule has 2 aliphatic heterocycles. The Labute approximate surface area is 206 Å². The Kier molecular flexibility index (Phi) is 6.22. The van der Waals surface area contributed by atoms with Gasteiger partial charge >= 0.3 is 14.2 Å². The van der Waals surface area contributed by atoms with E-state index in [0.717, 1.165) is 33.2 Å². The highest BCUT2D eigenvalue weighted by molar-refractivity contribution is 6.82. The maximum absolute atomic E-state index is 6.65. The van der Waals surface area contributed by atoms with Crippen LogP contribution >= 0.6 is 0 Å². The SMILES string of the molecule is Cc1ccccc1/C(B1OC(C)(C)C(C)(C)O1)=C(/B1OC(C)(C)C(C)(C)O1)c1ccccc1C. The van der Waals surface area contributed by atoms with Gasteiger partial charge in [-0.1, -0.05) is 48.5 Å². The van der Waals surface area contributed by atoms with E-state index in [1.165, 1.54) is 0 Å². The van der Waals surface area contributed by atoms with Crippen LogP contribution in [0, 0.1) is 13.8 Å². The normalized spacial score (nSPS) is 23.2. The molecule has 180 valence electrons. The third-order valence-corrected chi connectivity index (χ3v) is 8.14. The largest absolute Gasteiger partial charge is 0.495 e. The molecule has 34 heavy (non-hydrogen) atoms. The first-order chi connectivity index (χ1) is 15.7. The molecule has 2 aromatic carbocycles. The Balaban J connectivity index is 2.04. The van der Waals surface area contributed by atoms with Crippen LogP contribution in [0.2, 0.25) is 0 Å². The lowest BCUT2D eigenvalue weighted by Crippen LogP contribution is -2.41. The predicted octanol–water partition coefficient (Wildman–Crippen LogP) is 6.48. The summed E-state index contributed by atoms with van der Waals surface area (Å²) in [6.07, 6.45) is 0. The molecule has 0 aliphatic carbocycles. The first-order valence-electron chi connectivity index (χ1n) is 12.2. The van der Waals surface area contributed by atoms with E-state index in [2.05, 4.69) is 118 Å². The van der Waals surface area contributed by atoms with Crippen molar-refractivity contribution in [3.05, 3.63) is 70.8 Å². The van der Waals surface area contributed by atoms with Gasteiger partial charge in [-0.05, 0) is 102 Å². The van der Waals surface area contributed by atoms with Crippen molar-refractivity contribution < 1.29 is 18.6 Å². The van der Waals surface area contributed by atoms with Gasteiger partial charge in [-0.2, -0.15) is 0 Å². The van der Waals surface area contributed by atoms with Gasteiger partial charge in [0.1, 0.15) is 0 Å². The quantitative estimate of drug-likeness (QED) is 0.387. The van der Waals surface area contributed by atoms with Gasteiger partial charge in [-0.15, -0.1) is 0 Å². The first-order valence-corrected chi connectivity index (χ1v) is 12.2. The molecule has 2 saturated heterocycles. The maximum atomic E-state index is 6.65. The molecule has 0 atom stereocenters. The minimum absolute atomic E-state index is 0.474. The highest BCUT2D eigenvalue weighted by Crippen LogP contribution is 2.47. The van der Waals surface area contributed by atoms with Gasteiger partial charge in [-0.25, -0.2) is 0 Å². The summed E-state index contributed by atoms with van der Waals surface area (Å²) in [5.74, 6) is 0. The molecule has 0 bridgehead atoms. The Hall–Kier alpha value is -1.85. The minimum atomic E-state index is -0.570. The lowest BCUT2D eigenvalue weighted by Gasteiger charge is -2.32. The zero-order valence-electron chi connectivity index (χ0n) is 22.4. The summed E-state index contributed by atoms with van der Waals surface area (Å²) in [6, 6.07) is 16.8. The van der Waals surface area contributed by atoms with Gasteiger partial charge in [0, 0.05) is 0 Å². The van der Waals surface area contributed by atoms with Crippen LogP contribution in [0.1, 0.15) is 77.6 Å². The van der Waals surface area contributed by atoms with E-state index in [4.69, 9.17) is 18.6 Å². The van der Waals surface area contributed by atoms with Gasteiger partial charge < -0.3 is 18.6 Å². The molecular formula is C28H38B2O4. The number of benzene rings is 2. The molecule has 4 nitrogen and oxygen atoms in total. The average Bonchev–Trinajstić information content (AvgIpc) is 3.06. The smallest absolute Gasteiger partial charge is 0.399 e. The standard InChI is InChI=1S/C28H38B2O4/c1-19-15-11-13-17-21(19)23(29-31-25(3,4)26(5,6)32-29)24(22-18-14-12-16-20(22)2)30-33-27(7,8)28(9,10)34-30/h11-18H,1-10H3/b24-23-. The molecule has 0 radical (unpaired) electrons. The topological polar surface area (TPSA) is 36.9 Å². The van der Waals surface area contributed by atoms with Gasteiger partial charge in [0.05, 0.1) is 22.4 Å². The Morgan fingerprint density at radius 3 is 1.03 bits per heavy atom. The monoisotopic (exact) mass is 460 g/mol. The van der Waals surface area contributed by atoms with E-state index < -0.39 is 36.6 Å². The van der Waals surface area contributed by atoms with Crippen molar-refractivity contribution in [1.82, 2.24) is 0 Å². The second-order valence-corrected chi connectivity index (χ2v) is 11.6. The maximum Gasteiger partial charge on any atom is 0.495 e. The first kappa shape index (κ1) is 25.2. The van der Waals surface area contributed by atoms with Gasteiger partial charge in [-0.3, -0.25) is 0 Å². The number of hydrogen-bond donors (Lipinski definition) is 0. The fourth-order valence-electron chi connectivity index (χ4n) is 4.47. The van der Waals surface area contributed by atoms with Crippen LogP contribution < -0.4 is 0 Å². The van der Waals surface area contributed by atoms with Crippen molar-refractivity contribution in [3.8, 4) is 0 Å². The Morgan fingerprint density at radius 2 is 0.765 bits per heavy atom. The van der Waals surface area contributed by atoms with Gasteiger partial charge in [0.15, 0.2) is 0 Å². The van der Waals surface area contributed by atoms with Crippen molar-refractivity contribution >= 4 is 25.2 Å². The van der Waals surface area contributed by atoms with E-state index in [0.29, 0.717) is 0 Å². The fourth-order valence-corrected chi connectivity index (χ4v) is 4.47. The third-order valence-electron chi connectivity index (χ3n) is 8.14. The third kappa shape index (κ3) is 4.19. The molecule has 2 heterocycles. The van der Waals surface area contributed by atoms with Crippen LogP contribution in [0.3, 0.4) is 0 Å². The van der Waals surface area contributed by atoms with Crippen LogP contribution in [0.15, 0.2) is 48.5 Å². The van der Waals surface area contributed by atoms with Crippen molar-refractivity contribution in [2.75, 3.05) is 0 Å². The van der Waals surface area contributed by atoms with E-state index in [9.17, 15) is 0 Å². The highest BCUT2D eigenvalue weighted by atomic mass is 16.7. The lowest BCUT2D eigenvalue weighted by atomic mass is 9.59. The fraction of sp³-hybridized carbons (Fsp3) is 0.500. The summed E-state index contributed by atoms with van der Waals surface area (Å²) < 4.78 is 26.6. The molecule has 0 unspecified atom stereocenters. The summed E-state index contributed by atoms with van der Waals surface area (Å²) in [5, 5.41) is 0. The highest BCUT2D eigenvalue weighted by Gasteiger charge is 2.57. The van der Waals surface area contributed by atoms with E-state index in [1.54, 1.807) is 0 Å². The lowest BCUT2D eigenvalue weighted by molar-refractivity contribution is 0.00578. The van der Waals surface area contributed by atoms with Crippen LogP contribution in [0.25, 0.3) is 10.9 Å². The summed E-state index contributed by atoms with van der Waals surface area (Å²) in [6.45, 7) is 21.0. The predicted molar refractivity (Wildman–Crippen MR) is 141 cm³/mol. The average molecular weight is 460 g/mol. The summed E-state index contributed by atoms with van der Waals surface area (Å²) >= 11 is 0. The molecule has 0 amide bonds. The minimum Gasteiger partial charge on any atom is -0.399 e. The van der Waals surface area contributed by atoms with Gasteiger partial charge in [0.25, 0.3) is 0 Å². The number of rotatable bonds is 4. The molecule has 6 heteroatoms. The zero-order valence-corrected chi connectivity index (χ0v) is 22.4.